The smallest absolute Gasteiger partial charge is 0.264 e. The summed E-state index contributed by atoms with van der Waals surface area (Å²) in [6.45, 7) is 3.81. The van der Waals surface area contributed by atoms with E-state index in [4.69, 9.17) is 0 Å². The van der Waals surface area contributed by atoms with E-state index in [1.54, 1.807) is 11.3 Å². The number of hydrogen-bond acceptors (Lipinski definition) is 3. The minimum Gasteiger partial charge on any atom is -0.336 e. The summed E-state index contributed by atoms with van der Waals surface area (Å²) in [5.41, 5.74) is 3.45. The molecular weight excluding hydrogens is 304 g/mol. The molecule has 3 heterocycles. The van der Waals surface area contributed by atoms with Crippen molar-refractivity contribution in [2.75, 3.05) is 13.1 Å². The van der Waals surface area contributed by atoms with Gasteiger partial charge in [0.1, 0.15) is 0 Å². The maximum Gasteiger partial charge on any atom is 0.264 e. The highest BCUT2D eigenvalue weighted by Gasteiger charge is 2.32. The SMILES string of the molecule is Cc1ccc(-c2ccsc2C(=O)N2CCC3CCC(C2)N3)cc1. The molecular formula is C19H22N2OS. The lowest BCUT2D eigenvalue weighted by molar-refractivity contribution is 0.0753. The minimum absolute atomic E-state index is 0.199. The van der Waals surface area contributed by atoms with Crippen LogP contribution in [0.2, 0.25) is 0 Å². The number of aryl methyl sites for hydroxylation is 1. The number of rotatable bonds is 2. The summed E-state index contributed by atoms with van der Waals surface area (Å²) in [5.74, 6) is 0.199. The Kier molecular flexibility index (Phi) is 3.95. The molecule has 23 heavy (non-hydrogen) atoms. The van der Waals surface area contributed by atoms with Gasteiger partial charge in [-0.1, -0.05) is 29.8 Å². The van der Waals surface area contributed by atoms with Gasteiger partial charge < -0.3 is 10.2 Å². The molecule has 4 rings (SSSR count). The predicted molar refractivity (Wildman–Crippen MR) is 95.0 cm³/mol. The number of likely N-dealkylation sites (tertiary alicyclic amines) is 1. The maximum absolute atomic E-state index is 13.1. The fraction of sp³-hybridized carbons (Fsp3) is 0.421. The zero-order valence-electron chi connectivity index (χ0n) is 13.4. The van der Waals surface area contributed by atoms with Crippen LogP contribution in [0.4, 0.5) is 0 Å². The quantitative estimate of drug-likeness (QED) is 0.913. The average Bonchev–Trinajstić information content (AvgIpc) is 3.14. The summed E-state index contributed by atoms with van der Waals surface area (Å²) in [5, 5.41) is 5.68. The molecule has 2 atom stereocenters. The molecule has 2 bridgehead atoms. The van der Waals surface area contributed by atoms with E-state index < -0.39 is 0 Å². The molecule has 2 aliphatic heterocycles. The van der Waals surface area contributed by atoms with E-state index in [2.05, 4.69) is 47.5 Å². The molecule has 0 saturated carbocycles. The van der Waals surface area contributed by atoms with Crippen LogP contribution in [0.5, 0.6) is 0 Å². The van der Waals surface area contributed by atoms with E-state index in [-0.39, 0.29) is 5.91 Å². The number of benzene rings is 1. The minimum atomic E-state index is 0.199. The molecule has 0 radical (unpaired) electrons. The van der Waals surface area contributed by atoms with E-state index in [0.717, 1.165) is 35.5 Å². The Morgan fingerprint density at radius 2 is 1.91 bits per heavy atom. The van der Waals surface area contributed by atoms with Gasteiger partial charge in [-0.15, -0.1) is 11.3 Å². The molecule has 120 valence electrons. The summed E-state index contributed by atoms with van der Waals surface area (Å²) in [7, 11) is 0. The Bertz CT molecular complexity index is 706. The van der Waals surface area contributed by atoms with Crippen LogP contribution in [0, 0.1) is 6.92 Å². The van der Waals surface area contributed by atoms with Crippen molar-refractivity contribution in [3.8, 4) is 11.1 Å². The lowest BCUT2D eigenvalue weighted by Gasteiger charge is -2.24. The predicted octanol–water partition coefficient (Wildman–Crippen LogP) is 3.69. The molecule has 2 aromatic rings. The van der Waals surface area contributed by atoms with E-state index >= 15 is 0 Å². The highest BCUT2D eigenvalue weighted by atomic mass is 32.1. The van der Waals surface area contributed by atoms with Crippen molar-refractivity contribution in [2.24, 2.45) is 0 Å². The van der Waals surface area contributed by atoms with Crippen LogP contribution in [-0.4, -0.2) is 36.0 Å². The third-order valence-electron chi connectivity index (χ3n) is 5.03. The van der Waals surface area contributed by atoms with Crippen molar-refractivity contribution in [1.29, 1.82) is 0 Å². The molecule has 3 nitrogen and oxygen atoms in total. The number of amides is 1. The maximum atomic E-state index is 13.1. The van der Waals surface area contributed by atoms with Gasteiger partial charge in [-0.3, -0.25) is 4.79 Å². The Labute approximate surface area is 141 Å². The summed E-state index contributed by atoms with van der Waals surface area (Å²) in [6.07, 6.45) is 3.54. The molecule has 0 aliphatic carbocycles. The van der Waals surface area contributed by atoms with Gasteiger partial charge in [-0.05, 0) is 43.2 Å². The zero-order chi connectivity index (χ0) is 15.8. The summed E-state index contributed by atoms with van der Waals surface area (Å²) in [4.78, 5) is 16.0. The van der Waals surface area contributed by atoms with Crippen LogP contribution < -0.4 is 5.32 Å². The average molecular weight is 326 g/mol. The first-order valence-electron chi connectivity index (χ1n) is 8.40. The molecule has 2 aliphatic rings. The number of thiophene rings is 1. The molecule has 2 fully saturated rings. The number of carbonyl (C=O) groups is 1. The number of fused-ring (bicyclic) bond motifs is 2. The lowest BCUT2D eigenvalue weighted by atomic mass is 10.0. The Balaban J connectivity index is 1.59. The Morgan fingerprint density at radius 1 is 1.13 bits per heavy atom. The summed E-state index contributed by atoms with van der Waals surface area (Å²) >= 11 is 1.57. The first-order chi connectivity index (χ1) is 11.2. The highest BCUT2D eigenvalue weighted by molar-refractivity contribution is 7.12. The van der Waals surface area contributed by atoms with Crippen molar-refractivity contribution >= 4 is 17.2 Å². The van der Waals surface area contributed by atoms with Gasteiger partial charge in [0.25, 0.3) is 5.91 Å². The van der Waals surface area contributed by atoms with E-state index in [1.807, 2.05) is 5.38 Å². The van der Waals surface area contributed by atoms with Gasteiger partial charge in [0, 0.05) is 30.7 Å². The van der Waals surface area contributed by atoms with Gasteiger partial charge in [-0.25, -0.2) is 0 Å². The Morgan fingerprint density at radius 3 is 2.74 bits per heavy atom. The van der Waals surface area contributed by atoms with Gasteiger partial charge in [0.15, 0.2) is 0 Å². The molecule has 4 heteroatoms. The van der Waals surface area contributed by atoms with E-state index in [9.17, 15) is 4.79 Å². The van der Waals surface area contributed by atoms with E-state index in [0.29, 0.717) is 12.1 Å². The third-order valence-corrected chi connectivity index (χ3v) is 5.93. The van der Waals surface area contributed by atoms with Crippen LogP contribution in [0.3, 0.4) is 0 Å². The standard InChI is InChI=1S/C19H22N2OS/c1-13-2-4-14(5-3-13)17-9-11-23-18(17)19(22)21-10-8-15-6-7-16(12-21)20-15/h2-5,9,11,15-16,20H,6-8,10,12H2,1H3. The summed E-state index contributed by atoms with van der Waals surface area (Å²) < 4.78 is 0. The number of nitrogens with one attached hydrogen (secondary N) is 1. The molecule has 1 N–H and O–H groups in total. The number of carbonyl (C=O) groups excluding carboxylic acids is 1. The van der Waals surface area contributed by atoms with Crippen molar-refractivity contribution in [2.45, 2.75) is 38.3 Å². The molecule has 2 unspecified atom stereocenters. The van der Waals surface area contributed by atoms with Crippen molar-refractivity contribution < 1.29 is 4.79 Å². The topological polar surface area (TPSA) is 32.3 Å². The van der Waals surface area contributed by atoms with Crippen molar-refractivity contribution in [1.82, 2.24) is 10.2 Å². The van der Waals surface area contributed by atoms with Gasteiger partial charge in [0.05, 0.1) is 4.88 Å². The zero-order valence-corrected chi connectivity index (χ0v) is 14.2. The first-order valence-corrected chi connectivity index (χ1v) is 9.28. The fourth-order valence-corrected chi connectivity index (χ4v) is 4.59. The van der Waals surface area contributed by atoms with Crippen LogP contribution >= 0.6 is 11.3 Å². The van der Waals surface area contributed by atoms with Crippen molar-refractivity contribution in [3.63, 3.8) is 0 Å². The van der Waals surface area contributed by atoms with Gasteiger partial charge >= 0.3 is 0 Å². The van der Waals surface area contributed by atoms with Crippen LogP contribution in [0.15, 0.2) is 35.7 Å². The molecule has 1 amide bonds. The van der Waals surface area contributed by atoms with Crippen molar-refractivity contribution in [3.05, 3.63) is 46.2 Å². The normalized spacial score (nSPS) is 23.8. The second-order valence-electron chi connectivity index (χ2n) is 6.71. The lowest BCUT2D eigenvalue weighted by Crippen LogP contribution is -2.38. The fourth-order valence-electron chi connectivity index (χ4n) is 3.71. The molecule has 2 saturated heterocycles. The van der Waals surface area contributed by atoms with Gasteiger partial charge in [-0.2, -0.15) is 0 Å². The third kappa shape index (κ3) is 2.93. The second-order valence-corrected chi connectivity index (χ2v) is 7.62. The second kappa shape index (κ2) is 6.10. The van der Waals surface area contributed by atoms with Crippen LogP contribution in [-0.2, 0) is 0 Å². The Hall–Kier alpha value is -1.65. The molecule has 1 aromatic carbocycles. The number of nitrogens with zero attached hydrogens (tertiary/aromatic N) is 1. The molecule has 1 aromatic heterocycles. The highest BCUT2D eigenvalue weighted by Crippen LogP contribution is 2.31. The van der Waals surface area contributed by atoms with E-state index in [1.165, 1.54) is 18.4 Å². The number of hydrogen-bond donors (Lipinski definition) is 1. The molecule has 0 spiro atoms. The van der Waals surface area contributed by atoms with Crippen LogP contribution in [0.1, 0.15) is 34.5 Å². The van der Waals surface area contributed by atoms with Crippen LogP contribution in [0.25, 0.3) is 11.1 Å². The largest absolute Gasteiger partial charge is 0.336 e. The first kappa shape index (κ1) is 14.9. The monoisotopic (exact) mass is 326 g/mol. The van der Waals surface area contributed by atoms with Gasteiger partial charge in [0.2, 0.25) is 0 Å². The summed E-state index contributed by atoms with van der Waals surface area (Å²) in [6, 6.07) is 11.6.